The molecule has 24 heavy (non-hydrogen) atoms. The predicted molar refractivity (Wildman–Crippen MR) is 89.1 cm³/mol. The number of aryl methyl sites for hydroxylation is 1. The van der Waals surface area contributed by atoms with Crippen LogP contribution in [0.2, 0.25) is 0 Å². The van der Waals surface area contributed by atoms with E-state index in [2.05, 4.69) is 15.6 Å². The molecule has 1 unspecified atom stereocenters. The van der Waals surface area contributed by atoms with Crippen molar-refractivity contribution in [2.24, 2.45) is 0 Å². The number of hydrogen-bond donors (Lipinski definition) is 2. The maximum absolute atomic E-state index is 12.5. The monoisotopic (exact) mass is 325 g/mol. The molecular formula is C18H19N3O3. The van der Waals surface area contributed by atoms with E-state index in [1.165, 1.54) is 0 Å². The molecule has 0 aliphatic carbocycles. The third kappa shape index (κ3) is 3.08. The number of nitrogens with one attached hydrogen (secondary N) is 2. The fourth-order valence-corrected chi connectivity index (χ4v) is 2.79. The first-order chi connectivity index (χ1) is 11.6. The molecule has 3 rings (SSSR count). The first-order valence-electron chi connectivity index (χ1n) is 7.81. The van der Waals surface area contributed by atoms with Crippen LogP contribution < -0.4 is 15.4 Å². The van der Waals surface area contributed by atoms with Gasteiger partial charge >= 0.3 is 0 Å². The number of amides is 2. The number of carbonyl (C=O) groups excluding carboxylic acids is 2. The highest BCUT2D eigenvalue weighted by Gasteiger charge is 2.24. The van der Waals surface area contributed by atoms with E-state index in [0.29, 0.717) is 29.9 Å². The summed E-state index contributed by atoms with van der Waals surface area (Å²) >= 11 is 0. The Morgan fingerprint density at radius 2 is 2.08 bits per heavy atom. The average Bonchev–Trinajstić information content (AvgIpc) is 2.61. The topological polar surface area (TPSA) is 80.3 Å². The zero-order chi connectivity index (χ0) is 17.1. The van der Waals surface area contributed by atoms with Crippen molar-refractivity contribution >= 4 is 11.8 Å². The second-order valence-corrected chi connectivity index (χ2v) is 5.66. The highest BCUT2D eigenvalue weighted by atomic mass is 16.5. The Kier molecular flexibility index (Phi) is 4.46. The van der Waals surface area contributed by atoms with E-state index < -0.39 is 0 Å². The van der Waals surface area contributed by atoms with Gasteiger partial charge in [-0.1, -0.05) is 0 Å². The fourth-order valence-electron chi connectivity index (χ4n) is 2.79. The van der Waals surface area contributed by atoms with Crippen LogP contribution in [0.15, 0.2) is 36.5 Å². The molecule has 0 bridgehead atoms. The molecule has 0 spiro atoms. The molecule has 1 aromatic heterocycles. The van der Waals surface area contributed by atoms with Crippen molar-refractivity contribution in [2.45, 2.75) is 19.4 Å². The summed E-state index contributed by atoms with van der Waals surface area (Å²) in [5, 5.41) is 5.59. The van der Waals surface area contributed by atoms with Crippen LogP contribution in [0.1, 0.15) is 44.4 Å². The van der Waals surface area contributed by atoms with Crippen molar-refractivity contribution in [3.8, 4) is 5.75 Å². The normalized spacial score (nSPS) is 15.8. The summed E-state index contributed by atoms with van der Waals surface area (Å²) < 4.78 is 5.56. The van der Waals surface area contributed by atoms with Gasteiger partial charge in [-0.3, -0.25) is 14.6 Å². The lowest BCUT2D eigenvalue weighted by atomic mass is 10.0. The highest BCUT2D eigenvalue weighted by molar-refractivity contribution is 5.99. The fraction of sp³-hybridized carbons (Fsp3) is 0.278. The molecule has 2 amide bonds. The molecule has 1 aliphatic heterocycles. The summed E-state index contributed by atoms with van der Waals surface area (Å²) in [6.45, 7) is 2.35. The van der Waals surface area contributed by atoms with E-state index in [-0.39, 0.29) is 17.9 Å². The van der Waals surface area contributed by atoms with Gasteiger partial charge in [0.05, 0.1) is 12.6 Å². The Hall–Kier alpha value is -2.89. The minimum Gasteiger partial charge on any atom is -0.491 e. The smallest absolute Gasteiger partial charge is 0.251 e. The van der Waals surface area contributed by atoms with Crippen molar-refractivity contribution in [2.75, 3.05) is 13.7 Å². The Morgan fingerprint density at radius 1 is 1.25 bits per heavy atom. The van der Waals surface area contributed by atoms with Crippen molar-refractivity contribution in [1.29, 1.82) is 0 Å². The van der Waals surface area contributed by atoms with Crippen LogP contribution in [0.3, 0.4) is 0 Å². The Balaban J connectivity index is 1.79. The van der Waals surface area contributed by atoms with E-state index in [4.69, 9.17) is 4.74 Å². The zero-order valence-corrected chi connectivity index (χ0v) is 13.6. The summed E-state index contributed by atoms with van der Waals surface area (Å²) in [4.78, 5) is 28.6. The average molecular weight is 325 g/mol. The molecule has 1 aliphatic rings. The Morgan fingerprint density at radius 3 is 2.83 bits per heavy atom. The number of hydrogen-bond acceptors (Lipinski definition) is 4. The molecule has 0 saturated heterocycles. The first kappa shape index (κ1) is 16.0. The lowest BCUT2D eigenvalue weighted by Gasteiger charge is -2.25. The van der Waals surface area contributed by atoms with Gasteiger partial charge < -0.3 is 15.4 Å². The molecule has 2 N–H and O–H groups in total. The molecule has 124 valence electrons. The van der Waals surface area contributed by atoms with Crippen molar-refractivity contribution in [1.82, 2.24) is 15.6 Å². The van der Waals surface area contributed by atoms with Gasteiger partial charge in [-0.2, -0.15) is 0 Å². The lowest BCUT2D eigenvalue weighted by molar-refractivity contribution is 0.0919. The lowest BCUT2D eigenvalue weighted by Crippen LogP contribution is -2.33. The van der Waals surface area contributed by atoms with Crippen LogP contribution >= 0.6 is 0 Å². The zero-order valence-electron chi connectivity index (χ0n) is 13.6. The number of nitrogens with zero attached hydrogens (tertiary/aromatic N) is 1. The summed E-state index contributed by atoms with van der Waals surface area (Å²) in [5.41, 5.74) is 2.58. The van der Waals surface area contributed by atoms with E-state index in [1.54, 1.807) is 31.4 Å². The van der Waals surface area contributed by atoms with Gasteiger partial charge in [0.2, 0.25) is 0 Å². The molecule has 2 aromatic rings. The number of carbonyl (C=O) groups is 2. The summed E-state index contributed by atoms with van der Waals surface area (Å²) in [6.07, 6.45) is 2.36. The molecule has 0 saturated carbocycles. The van der Waals surface area contributed by atoms with E-state index in [1.807, 2.05) is 19.1 Å². The second kappa shape index (κ2) is 6.70. The van der Waals surface area contributed by atoms with E-state index >= 15 is 0 Å². The number of rotatable bonds is 3. The van der Waals surface area contributed by atoms with Crippen molar-refractivity contribution in [3.63, 3.8) is 0 Å². The maximum atomic E-state index is 12.5. The first-order valence-corrected chi connectivity index (χ1v) is 7.81. The number of ether oxygens (including phenoxy) is 1. The van der Waals surface area contributed by atoms with Gasteiger partial charge in [0.25, 0.3) is 11.8 Å². The van der Waals surface area contributed by atoms with Gasteiger partial charge in [0, 0.05) is 30.8 Å². The number of pyridine rings is 1. The number of aromatic nitrogens is 1. The van der Waals surface area contributed by atoms with Gasteiger partial charge in [-0.25, -0.2) is 0 Å². The van der Waals surface area contributed by atoms with Crippen molar-refractivity contribution < 1.29 is 14.3 Å². The van der Waals surface area contributed by atoms with Crippen LogP contribution in [0.25, 0.3) is 0 Å². The third-order valence-electron chi connectivity index (χ3n) is 4.06. The SMILES string of the molecule is CNC(=O)c1ccc(C(=O)NC2CCOc3cccnc32)cc1C. The molecule has 0 radical (unpaired) electrons. The molecule has 1 atom stereocenters. The van der Waals surface area contributed by atoms with Gasteiger partial charge in [0.1, 0.15) is 11.4 Å². The van der Waals surface area contributed by atoms with Gasteiger partial charge in [0.15, 0.2) is 0 Å². The summed E-state index contributed by atoms with van der Waals surface area (Å²) in [7, 11) is 1.58. The van der Waals surface area contributed by atoms with Crippen LogP contribution in [-0.4, -0.2) is 30.5 Å². The second-order valence-electron chi connectivity index (χ2n) is 5.66. The van der Waals surface area contributed by atoms with Crippen LogP contribution in [0.5, 0.6) is 5.75 Å². The minimum absolute atomic E-state index is 0.165. The molecule has 1 aromatic carbocycles. The van der Waals surface area contributed by atoms with Gasteiger partial charge in [-0.15, -0.1) is 0 Å². The van der Waals surface area contributed by atoms with Crippen LogP contribution in [0.4, 0.5) is 0 Å². The van der Waals surface area contributed by atoms with E-state index in [9.17, 15) is 9.59 Å². The van der Waals surface area contributed by atoms with Gasteiger partial charge in [-0.05, 0) is 42.8 Å². The van der Waals surface area contributed by atoms with Crippen LogP contribution in [-0.2, 0) is 0 Å². The summed E-state index contributed by atoms with van der Waals surface area (Å²) in [6, 6.07) is 8.53. The highest BCUT2D eigenvalue weighted by Crippen LogP contribution is 2.29. The minimum atomic E-state index is -0.190. The third-order valence-corrected chi connectivity index (χ3v) is 4.06. The quantitative estimate of drug-likeness (QED) is 0.904. The molecule has 6 heteroatoms. The molecular weight excluding hydrogens is 306 g/mol. The summed E-state index contributed by atoms with van der Waals surface area (Å²) in [5.74, 6) is 0.354. The van der Waals surface area contributed by atoms with Crippen LogP contribution in [0, 0.1) is 6.92 Å². The Bertz CT molecular complexity index is 789. The predicted octanol–water partition coefficient (Wildman–Crippen LogP) is 2.00. The Labute approximate surface area is 140 Å². The molecule has 2 heterocycles. The number of fused-ring (bicyclic) bond motifs is 1. The maximum Gasteiger partial charge on any atom is 0.251 e. The number of benzene rings is 1. The molecule has 6 nitrogen and oxygen atoms in total. The molecule has 0 fully saturated rings. The van der Waals surface area contributed by atoms with Crippen molar-refractivity contribution in [3.05, 3.63) is 58.9 Å². The van der Waals surface area contributed by atoms with E-state index in [0.717, 1.165) is 11.3 Å². The standard InChI is InChI=1S/C18H19N3O3/c1-11-10-12(5-6-13(11)18(23)19-2)17(22)21-14-7-9-24-15-4-3-8-20-16(14)15/h3-6,8,10,14H,7,9H2,1-2H3,(H,19,23)(H,21,22). The largest absolute Gasteiger partial charge is 0.491 e.